The molecular weight excluding hydrogens is 230 g/mol. The van der Waals surface area contributed by atoms with Crippen molar-refractivity contribution in [2.45, 2.75) is 0 Å². The normalized spacial score (nSPS) is 9.00. The van der Waals surface area contributed by atoms with Gasteiger partial charge >= 0.3 is 0 Å². The van der Waals surface area contributed by atoms with Crippen LogP contribution in [-0.2, 0) is 0 Å². The van der Waals surface area contributed by atoms with Crippen LogP contribution in [0.3, 0.4) is 0 Å². The number of ether oxygens (including phenoxy) is 1. The van der Waals surface area contributed by atoms with Gasteiger partial charge in [0, 0.05) is 10.0 Å². The molecule has 0 aliphatic carbocycles. The van der Waals surface area contributed by atoms with Gasteiger partial charge in [-0.1, -0.05) is 22.5 Å². The minimum absolute atomic E-state index is 0.422. The van der Waals surface area contributed by atoms with E-state index in [1.54, 1.807) is 13.2 Å². The molecule has 0 saturated heterocycles. The lowest BCUT2D eigenvalue weighted by atomic mass is 10.1. The SMILES string of the molecule is C=C(C#N)c1cc(OC)ccc1Br. The maximum Gasteiger partial charge on any atom is 0.119 e. The van der Waals surface area contributed by atoms with Crippen molar-refractivity contribution in [2.75, 3.05) is 7.11 Å². The van der Waals surface area contributed by atoms with Crippen LogP contribution >= 0.6 is 15.9 Å². The predicted molar refractivity (Wildman–Crippen MR) is 55.3 cm³/mol. The lowest BCUT2D eigenvalue weighted by Gasteiger charge is -2.04. The highest BCUT2D eigenvalue weighted by Gasteiger charge is 2.04. The van der Waals surface area contributed by atoms with E-state index in [0.717, 1.165) is 15.8 Å². The molecule has 0 N–H and O–H groups in total. The molecule has 1 aromatic carbocycles. The number of rotatable bonds is 2. The Labute approximate surface area is 85.6 Å². The lowest BCUT2D eigenvalue weighted by Crippen LogP contribution is -1.86. The summed E-state index contributed by atoms with van der Waals surface area (Å²) >= 11 is 3.33. The molecule has 2 nitrogen and oxygen atoms in total. The van der Waals surface area contributed by atoms with Crippen LogP contribution in [0.5, 0.6) is 5.75 Å². The van der Waals surface area contributed by atoms with E-state index in [1.807, 2.05) is 18.2 Å². The Morgan fingerprint density at radius 3 is 2.85 bits per heavy atom. The summed E-state index contributed by atoms with van der Waals surface area (Å²) in [6.45, 7) is 3.63. The van der Waals surface area contributed by atoms with Gasteiger partial charge < -0.3 is 4.74 Å². The molecule has 0 radical (unpaired) electrons. The summed E-state index contributed by atoms with van der Waals surface area (Å²) in [5.74, 6) is 0.717. The van der Waals surface area contributed by atoms with Gasteiger partial charge in [-0.25, -0.2) is 0 Å². The summed E-state index contributed by atoms with van der Waals surface area (Å²) in [6.07, 6.45) is 0. The van der Waals surface area contributed by atoms with Crippen molar-refractivity contribution in [1.82, 2.24) is 0 Å². The molecule has 0 saturated carbocycles. The second-order valence-corrected chi connectivity index (χ2v) is 3.29. The van der Waals surface area contributed by atoms with Crippen molar-refractivity contribution in [2.24, 2.45) is 0 Å². The molecule has 0 aliphatic heterocycles. The van der Waals surface area contributed by atoms with Gasteiger partial charge in [-0.2, -0.15) is 5.26 Å². The monoisotopic (exact) mass is 237 g/mol. The summed E-state index contributed by atoms with van der Waals surface area (Å²) in [7, 11) is 1.59. The van der Waals surface area contributed by atoms with Crippen LogP contribution in [0.4, 0.5) is 0 Å². The number of nitrogens with zero attached hydrogens (tertiary/aromatic N) is 1. The first-order valence-corrected chi connectivity index (χ1v) is 4.41. The van der Waals surface area contributed by atoms with Crippen molar-refractivity contribution in [3.05, 3.63) is 34.8 Å². The number of allylic oxidation sites excluding steroid dienone is 1. The zero-order valence-corrected chi connectivity index (χ0v) is 8.76. The molecule has 0 unspecified atom stereocenters. The van der Waals surface area contributed by atoms with Crippen molar-refractivity contribution in [3.8, 4) is 11.8 Å². The van der Waals surface area contributed by atoms with E-state index in [0.29, 0.717) is 5.57 Å². The third kappa shape index (κ3) is 2.10. The zero-order chi connectivity index (χ0) is 9.84. The fourth-order valence-electron chi connectivity index (χ4n) is 0.923. The second kappa shape index (κ2) is 4.11. The highest BCUT2D eigenvalue weighted by molar-refractivity contribution is 9.10. The Bertz CT molecular complexity index is 379. The molecule has 66 valence electrons. The van der Waals surface area contributed by atoms with Gasteiger partial charge in [0.05, 0.1) is 18.8 Å². The van der Waals surface area contributed by atoms with Crippen LogP contribution in [0.2, 0.25) is 0 Å². The number of hydrogen-bond acceptors (Lipinski definition) is 2. The molecule has 1 rings (SSSR count). The molecule has 0 amide bonds. The first-order chi connectivity index (χ1) is 6.19. The summed E-state index contributed by atoms with van der Waals surface area (Å²) in [6, 6.07) is 7.41. The molecular formula is C10H8BrNO. The highest BCUT2D eigenvalue weighted by atomic mass is 79.9. The lowest BCUT2D eigenvalue weighted by molar-refractivity contribution is 0.414. The third-order valence-corrected chi connectivity index (χ3v) is 2.33. The molecule has 0 fully saturated rings. The van der Waals surface area contributed by atoms with Crippen molar-refractivity contribution < 1.29 is 4.74 Å². The summed E-state index contributed by atoms with van der Waals surface area (Å²) in [5, 5.41) is 8.67. The van der Waals surface area contributed by atoms with Gasteiger partial charge in [-0.05, 0) is 18.2 Å². The van der Waals surface area contributed by atoms with Gasteiger partial charge in [0.15, 0.2) is 0 Å². The average molecular weight is 238 g/mol. The first-order valence-electron chi connectivity index (χ1n) is 3.62. The molecule has 0 spiro atoms. The first kappa shape index (κ1) is 9.82. The Kier molecular flexibility index (Phi) is 3.10. The van der Waals surface area contributed by atoms with Crippen LogP contribution in [0, 0.1) is 11.3 Å². The van der Waals surface area contributed by atoms with E-state index in [1.165, 1.54) is 0 Å². The minimum Gasteiger partial charge on any atom is -0.497 e. The number of halogens is 1. The van der Waals surface area contributed by atoms with Crippen LogP contribution in [-0.4, -0.2) is 7.11 Å². The van der Waals surface area contributed by atoms with Gasteiger partial charge in [-0.15, -0.1) is 0 Å². The molecule has 1 aromatic rings. The quantitative estimate of drug-likeness (QED) is 0.742. The topological polar surface area (TPSA) is 33.0 Å². The molecule has 0 aliphatic rings. The maximum absolute atomic E-state index is 8.67. The van der Waals surface area contributed by atoms with E-state index < -0.39 is 0 Å². The molecule has 0 bridgehead atoms. The average Bonchev–Trinajstić information content (AvgIpc) is 2.17. The highest BCUT2D eigenvalue weighted by Crippen LogP contribution is 2.27. The Morgan fingerprint density at radius 1 is 1.62 bits per heavy atom. The number of benzene rings is 1. The van der Waals surface area contributed by atoms with Crippen LogP contribution in [0.15, 0.2) is 29.3 Å². The van der Waals surface area contributed by atoms with Crippen molar-refractivity contribution in [1.29, 1.82) is 5.26 Å². The largest absolute Gasteiger partial charge is 0.497 e. The van der Waals surface area contributed by atoms with Gasteiger partial charge in [-0.3, -0.25) is 0 Å². The Balaban J connectivity index is 3.20. The number of methoxy groups -OCH3 is 1. The van der Waals surface area contributed by atoms with Crippen molar-refractivity contribution in [3.63, 3.8) is 0 Å². The van der Waals surface area contributed by atoms with E-state index in [2.05, 4.69) is 22.5 Å². The van der Waals surface area contributed by atoms with Crippen LogP contribution in [0.25, 0.3) is 5.57 Å². The van der Waals surface area contributed by atoms with E-state index in [9.17, 15) is 0 Å². The summed E-state index contributed by atoms with van der Waals surface area (Å²) in [5.41, 5.74) is 1.19. The van der Waals surface area contributed by atoms with Gasteiger partial charge in [0.25, 0.3) is 0 Å². The molecule has 0 aromatic heterocycles. The second-order valence-electron chi connectivity index (χ2n) is 2.44. The maximum atomic E-state index is 8.67. The van der Waals surface area contributed by atoms with Gasteiger partial charge in [0.2, 0.25) is 0 Å². The number of nitriles is 1. The Morgan fingerprint density at radius 2 is 2.31 bits per heavy atom. The molecule has 0 heterocycles. The van der Waals surface area contributed by atoms with Crippen molar-refractivity contribution >= 4 is 21.5 Å². The summed E-state index contributed by atoms with van der Waals surface area (Å²) < 4.78 is 5.88. The zero-order valence-electron chi connectivity index (χ0n) is 7.17. The summed E-state index contributed by atoms with van der Waals surface area (Å²) in [4.78, 5) is 0. The molecule has 0 atom stereocenters. The van der Waals surface area contributed by atoms with E-state index in [-0.39, 0.29) is 0 Å². The third-order valence-electron chi connectivity index (χ3n) is 1.63. The fraction of sp³-hybridized carbons (Fsp3) is 0.100. The van der Waals surface area contributed by atoms with Crippen LogP contribution < -0.4 is 4.74 Å². The predicted octanol–water partition coefficient (Wildman–Crippen LogP) is 2.99. The molecule has 13 heavy (non-hydrogen) atoms. The fourth-order valence-corrected chi connectivity index (χ4v) is 1.41. The van der Waals surface area contributed by atoms with E-state index in [4.69, 9.17) is 10.00 Å². The smallest absolute Gasteiger partial charge is 0.119 e. The minimum atomic E-state index is 0.422. The standard InChI is InChI=1S/C10H8BrNO/c1-7(6-12)9-5-8(13-2)3-4-10(9)11/h3-5H,1H2,2H3. The van der Waals surface area contributed by atoms with Crippen LogP contribution in [0.1, 0.15) is 5.56 Å². The number of hydrogen-bond donors (Lipinski definition) is 0. The van der Waals surface area contributed by atoms with E-state index >= 15 is 0 Å². The Hall–Kier alpha value is -1.27. The molecule has 3 heteroatoms. The van der Waals surface area contributed by atoms with Gasteiger partial charge in [0.1, 0.15) is 5.75 Å².